The van der Waals surface area contributed by atoms with Crippen LogP contribution in [-0.2, 0) is 18.4 Å². The molecule has 2 aromatic rings. The van der Waals surface area contributed by atoms with Gasteiger partial charge in [0.2, 0.25) is 0 Å². The molecule has 1 fully saturated rings. The Labute approximate surface area is 125 Å². The van der Waals surface area contributed by atoms with Gasteiger partial charge < -0.3 is 9.84 Å². The number of hydrogen-bond acceptors (Lipinski definition) is 2. The predicted octanol–water partition coefficient (Wildman–Crippen LogP) is 3.60. The lowest BCUT2D eigenvalue weighted by molar-refractivity contribution is 0.0222. The maximum absolute atomic E-state index is 11.0. The van der Waals surface area contributed by atoms with Crippen LogP contribution in [0.2, 0.25) is 0 Å². The van der Waals surface area contributed by atoms with Gasteiger partial charge in [-0.3, -0.25) is 0 Å². The van der Waals surface area contributed by atoms with Gasteiger partial charge in [-0.1, -0.05) is 36.4 Å². The van der Waals surface area contributed by atoms with Crippen LogP contribution in [0.25, 0.3) is 0 Å². The van der Waals surface area contributed by atoms with E-state index in [2.05, 4.69) is 24.3 Å². The van der Waals surface area contributed by atoms with Crippen LogP contribution in [0.3, 0.4) is 0 Å². The van der Waals surface area contributed by atoms with Crippen LogP contribution in [0.15, 0.2) is 48.5 Å². The van der Waals surface area contributed by atoms with E-state index >= 15 is 0 Å². The van der Waals surface area contributed by atoms with Gasteiger partial charge in [-0.15, -0.1) is 0 Å². The van der Waals surface area contributed by atoms with Gasteiger partial charge >= 0.3 is 0 Å². The van der Waals surface area contributed by atoms with Gasteiger partial charge in [-0.05, 0) is 54.5 Å². The lowest BCUT2D eigenvalue weighted by Gasteiger charge is -2.34. The quantitative estimate of drug-likeness (QED) is 0.930. The Morgan fingerprint density at radius 2 is 1.67 bits per heavy atom. The van der Waals surface area contributed by atoms with Crippen molar-refractivity contribution in [2.45, 2.75) is 43.8 Å². The number of benzene rings is 2. The molecule has 2 aliphatic rings. The van der Waals surface area contributed by atoms with Crippen molar-refractivity contribution in [2.75, 3.05) is 0 Å². The third kappa shape index (κ3) is 2.56. The molecular formula is C19H20O2. The molecular weight excluding hydrogens is 260 g/mol. The third-order valence-electron chi connectivity index (χ3n) is 4.63. The molecule has 1 atom stereocenters. The van der Waals surface area contributed by atoms with Gasteiger partial charge in [0.1, 0.15) is 5.75 Å². The highest BCUT2D eigenvalue weighted by atomic mass is 16.5. The fraction of sp³-hybridized carbons (Fsp3) is 0.368. The highest BCUT2D eigenvalue weighted by Gasteiger charge is 2.33. The van der Waals surface area contributed by atoms with Gasteiger partial charge in [0.15, 0.2) is 0 Å². The average Bonchev–Trinajstić information content (AvgIpc) is 3.32. The zero-order chi connectivity index (χ0) is 14.3. The molecule has 0 radical (unpaired) electrons. The number of aliphatic hydroxyl groups is 1. The molecule has 0 heterocycles. The summed E-state index contributed by atoms with van der Waals surface area (Å²) in [6, 6.07) is 16.4. The summed E-state index contributed by atoms with van der Waals surface area (Å²) < 4.78 is 5.78. The minimum atomic E-state index is -0.744. The fourth-order valence-electron chi connectivity index (χ4n) is 3.19. The van der Waals surface area contributed by atoms with Gasteiger partial charge in [0.05, 0.1) is 11.7 Å². The molecule has 0 bridgehead atoms. The van der Waals surface area contributed by atoms with E-state index in [1.165, 1.54) is 24.0 Å². The third-order valence-corrected chi connectivity index (χ3v) is 4.63. The van der Waals surface area contributed by atoms with Crippen molar-refractivity contribution in [3.8, 4) is 5.75 Å². The highest BCUT2D eigenvalue weighted by Crippen LogP contribution is 2.37. The van der Waals surface area contributed by atoms with Crippen molar-refractivity contribution in [3.05, 3.63) is 65.2 Å². The summed E-state index contributed by atoms with van der Waals surface area (Å²) in [5, 5.41) is 11.0. The fourth-order valence-corrected chi connectivity index (χ4v) is 3.19. The largest absolute Gasteiger partial charge is 0.490 e. The molecule has 0 amide bonds. The van der Waals surface area contributed by atoms with Crippen molar-refractivity contribution in [3.63, 3.8) is 0 Å². The van der Waals surface area contributed by atoms with Crippen molar-refractivity contribution in [1.29, 1.82) is 0 Å². The molecule has 1 saturated carbocycles. The summed E-state index contributed by atoms with van der Waals surface area (Å²) in [6.07, 6.45) is 5.18. The van der Waals surface area contributed by atoms with E-state index < -0.39 is 5.60 Å². The number of aryl methyl sites for hydroxylation is 1. The molecule has 1 N–H and O–H groups in total. The Morgan fingerprint density at radius 3 is 2.38 bits per heavy atom. The molecule has 0 aliphatic heterocycles. The van der Waals surface area contributed by atoms with Gasteiger partial charge in [0.25, 0.3) is 0 Å². The Kier molecular flexibility index (Phi) is 3.00. The minimum absolute atomic E-state index is 0.417. The normalized spacial score (nSPS) is 24.4. The second-order valence-electron chi connectivity index (χ2n) is 6.32. The van der Waals surface area contributed by atoms with E-state index in [0.717, 1.165) is 24.2 Å². The molecule has 21 heavy (non-hydrogen) atoms. The summed E-state index contributed by atoms with van der Waals surface area (Å²) in [7, 11) is 0. The second kappa shape index (κ2) is 4.88. The van der Waals surface area contributed by atoms with E-state index in [9.17, 15) is 5.11 Å². The van der Waals surface area contributed by atoms with E-state index in [4.69, 9.17) is 4.74 Å². The summed E-state index contributed by atoms with van der Waals surface area (Å²) in [5.74, 6) is 0.918. The zero-order valence-corrected chi connectivity index (χ0v) is 12.1. The van der Waals surface area contributed by atoms with Crippen molar-refractivity contribution >= 4 is 0 Å². The van der Waals surface area contributed by atoms with Crippen molar-refractivity contribution in [1.82, 2.24) is 0 Å². The molecule has 1 unspecified atom stereocenters. The first-order valence-corrected chi connectivity index (χ1v) is 7.79. The average molecular weight is 280 g/mol. The van der Waals surface area contributed by atoms with Crippen LogP contribution >= 0.6 is 0 Å². The van der Waals surface area contributed by atoms with Crippen LogP contribution in [0, 0.1) is 0 Å². The first kappa shape index (κ1) is 12.9. The molecule has 2 nitrogen and oxygen atoms in total. The van der Waals surface area contributed by atoms with Crippen LogP contribution in [0.5, 0.6) is 5.75 Å². The van der Waals surface area contributed by atoms with E-state index in [-0.39, 0.29) is 0 Å². The number of fused-ring (bicyclic) bond motifs is 1. The molecule has 2 aromatic carbocycles. The minimum Gasteiger partial charge on any atom is -0.490 e. The van der Waals surface area contributed by atoms with Crippen LogP contribution in [0.4, 0.5) is 0 Å². The number of hydrogen-bond donors (Lipinski definition) is 1. The molecule has 4 rings (SSSR count). The smallest absolute Gasteiger partial charge is 0.119 e. The lowest BCUT2D eigenvalue weighted by atomic mass is 9.76. The van der Waals surface area contributed by atoms with Crippen molar-refractivity contribution in [2.24, 2.45) is 0 Å². The topological polar surface area (TPSA) is 29.5 Å². The standard InChI is InChI=1S/C19H20O2/c20-19(12-11-14-3-1-2-4-15(14)13-19)16-5-7-17(8-6-16)21-18-9-10-18/h1-8,18,20H,9-13H2. The zero-order valence-electron chi connectivity index (χ0n) is 12.1. The van der Waals surface area contributed by atoms with E-state index in [1.807, 2.05) is 24.3 Å². The monoisotopic (exact) mass is 280 g/mol. The van der Waals surface area contributed by atoms with Gasteiger partial charge in [-0.2, -0.15) is 0 Å². The summed E-state index contributed by atoms with van der Waals surface area (Å²) in [6.45, 7) is 0. The Morgan fingerprint density at radius 1 is 0.952 bits per heavy atom. The summed E-state index contributed by atoms with van der Waals surface area (Å²) in [5.41, 5.74) is 2.90. The summed E-state index contributed by atoms with van der Waals surface area (Å²) >= 11 is 0. The molecule has 0 spiro atoms. The maximum atomic E-state index is 11.0. The number of ether oxygens (including phenoxy) is 1. The molecule has 0 saturated heterocycles. The first-order valence-electron chi connectivity index (χ1n) is 7.79. The van der Waals surface area contributed by atoms with E-state index in [1.54, 1.807) is 0 Å². The van der Waals surface area contributed by atoms with Crippen LogP contribution < -0.4 is 4.74 Å². The maximum Gasteiger partial charge on any atom is 0.119 e. The molecule has 2 heteroatoms. The van der Waals surface area contributed by atoms with Gasteiger partial charge in [0, 0.05) is 6.42 Å². The molecule has 2 aliphatic carbocycles. The Bertz CT molecular complexity index is 643. The Balaban J connectivity index is 1.57. The second-order valence-corrected chi connectivity index (χ2v) is 6.32. The molecule has 108 valence electrons. The van der Waals surface area contributed by atoms with Crippen LogP contribution in [0.1, 0.15) is 36.0 Å². The number of rotatable bonds is 3. The van der Waals surface area contributed by atoms with Gasteiger partial charge in [-0.25, -0.2) is 0 Å². The molecule has 0 aromatic heterocycles. The highest BCUT2D eigenvalue weighted by molar-refractivity contribution is 5.37. The van der Waals surface area contributed by atoms with Crippen LogP contribution in [-0.4, -0.2) is 11.2 Å². The Hall–Kier alpha value is -1.80. The van der Waals surface area contributed by atoms with E-state index in [0.29, 0.717) is 12.5 Å². The first-order chi connectivity index (χ1) is 10.2. The van der Waals surface area contributed by atoms with Crippen molar-refractivity contribution < 1.29 is 9.84 Å². The predicted molar refractivity (Wildman–Crippen MR) is 82.5 cm³/mol. The lowest BCUT2D eigenvalue weighted by Crippen LogP contribution is -2.33. The SMILES string of the molecule is OC1(c2ccc(OC3CC3)cc2)CCc2ccccc2C1. The summed E-state index contributed by atoms with van der Waals surface area (Å²) in [4.78, 5) is 0.